The maximum absolute atomic E-state index is 11.3. The van der Waals surface area contributed by atoms with Gasteiger partial charge in [-0.1, -0.05) is 45.1 Å². The fourth-order valence-electron chi connectivity index (χ4n) is 2.31. The number of hydrogen-bond acceptors (Lipinski definition) is 3. The van der Waals surface area contributed by atoms with Crippen LogP contribution >= 0.6 is 0 Å². The second kappa shape index (κ2) is 9.34. The first-order valence-electron chi connectivity index (χ1n) is 7.51. The minimum atomic E-state index is -0.180. The molecule has 4 heteroatoms. The number of imide groups is 1. The third kappa shape index (κ3) is 6.55. The lowest BCUT2D eigenvalue weighted by Crippen LogP contribution is -2.30. The summed E-state index contributed by atoms with van der Waals surface area (Å²) in [5.41, 5.74) is 0. The quantitative estimate of drug-likeness (QED) is 0.358. The molecule has 0 spiro atoms. The van der Waals surface area contributed by atoms with E-state index >= 15 is 0 Å². The van der Waals surface area contributed by atoms with Crippen LogP contribution in [0.5, 0.6) is 0 Å². The molecule has 0 radical (unpaired) electrons. The highest BCUT2D eigenvalue weighted by Gasteiger charge is 2.21. The summed E-state index contributed by atoms with van der Waals surface area (Å²) in [6.45, 7) is 4.01. The van der Waals surface area contributed by atoms with Crippen LogP contribution in [0.4, 0.5) is 0 Å². The van der Waals surface area contributed by atoms with Gasteiger partial charge >= 0.3 is 0 Å². The van der Waals surface area contributed by atoms with Gasteiger partial charge in [0.05, 0.1) is 5.76 Å². The molecule has 0 aromatic heterocycles. The van der Waals surface area contributed by atoms with Crippen LogP contribution in [-0.2, 0) is 9.59 Å². The molecule has 0 unspecified atom stereocenters. The fourth-order valence-corrected chi connectivity index (χ4v) is 2.31. The maximum atomic E-state index is 11.3. The summed E-state index contributed by atoms with van der Waals surface area (Å²) in [7, 11) is 0. The molecule has 0 bridgehead atoms. The fraction of sp³-hybridized carbons (Fsp3) is 0.625. The summed E-state index contributed by atoms with van der Waals surface area (Å²) < 4.78 is 0. The van der Waals surface area contributed by atoms with Gasteiger partial charge in [-0.2, -0.15) is 0 Å². The predicted octanol–water partition coefficient (Wildman–Crippen LogP) is 3.49. The van der Waals surface area contributed by atoms with Crippen molar-refractivity contribution in [2.45, 2.75) is 57.8 Å². The van der Waals surface area contributed by atoms with E-state index in [-0.39, 0.29) is 17.6 Å². The Morgan fingerprint density at radius 2 is 1.35 bits per heavy atom. The van der Waals surface area contributed by atoms with E-state index in [1.165, 1.54) is 36.3 Å². The van der Waals surface area contributed by atoms with Crippen LogP contribution in [0.15, 0.2) is 24.5 Å². The number of aliphatic hydroxyl groups excluding tert-OH is 1. The number of carbonyl (C=O) groups excluding carboxylic acids is 2. The molecule has 1 N–H and O–H groups in total. The highest BCUT2D eigenvalue weighted by atomic mass is 16.3. The largest absolute Gasteiger partial charge is 0.513 e. The van der Waals surface area contributed by atoms with Crippen molar-refractivity contribution in [1.82, 2.24) is 4.90 Å². The number of aliphatic hydroxyl groups is 1. The summed E-state index contributed by atoms with van der Waals surface area (Å²) in [5, 5.41) is 8.93. The Morgan fingerprint density at radius 1 is 0.900 bits per heavy atom. The Hall–Kier alpha value is -1.58. The molecular formula is C16H25NO3. The average molecular weight is 279 g/mol. The van der Waals surface area contributed by atoms with E-state index in [0.717, 1.165) is 32.1 Å². The van der Waals surface area contributed by atoms with Crippen molar-refractivity contribution in [3.63, 3.8) is 0 Å². The Kier molecular flexibility index (Phi) is 7.70. The topological polar surface area (TPSA) is 57.6 Å². The molecule has 0 saturated heterocycles. The van der Waals surface area contributed by atoms with Crippen molar-refractivity contribution in [1.29, 1.82) is 0 Å². The minimum absolute atomic E-state index is 0.180. The lowest BCUT2D eigenvalue weighted by Gasteiger charge is -2.12. The lowest BCUT2D eigenvalue weighted by molar-refractivity contribution is -0.136. The second-order valence-corrected chi connectivity index (χ2v) is 5.31. The number of allylic oxidation sites excluding steroid dienone is 1. The van der Waals surface area contributed by atoms with Crippen LogP contribution in [0.1, 0.15) is 57.8 Å². The number of unbranched alkanes of at least 4 members (excludes halogenated alkanes) is 7. The van der Waals surface area contributed by atoms with Gasteiger partial charge in [0.15, 0.2) is 0 Å². The van der Waals surface area contributed by atoms with Gasteiger partial charge in [-0.15, -0.1) is 0 Å². The predicted molar refractivity (Wildman–Crippen MR) is 79.2 cm³/mol. The molecule has 1 heterocycles. The van der Waals surface area contributed by atoms with Crippen molar-refractivity contribution in [3.8, 4) is 0 Å². The summed E-state index contributed by atoms with van der Waals surface area (Å²) in [5.74, 6) is -0.0774. The van der Waals surface area contributed by atoms with Crippen molar-refractivity contribution >= 4 is 11.8 Å². The Bertz CT molecular complexity index is 356. The molecular weight excluding hydrogens is 254 g/mol. The van der Waals surface area contributed by atoms with Gasteiger partial charge in [0.25, 0.3) is 11.8 Å². The molecule has 1 aliphatic heterocycles. The van der Waals surface area contributed by atoms with Crippen LogP contribution in [0.25, 0.3) is 0 Å². The molecule has 20 heavy (non-hydrogen) atoms. The first-order chi connectivity index (χ1) is 9.61. The maximum Gasteiger partial charge on any atom is 0.253 e. The normalized spacial score (nSPS) is 14.3. The van der Waals surface area contributed by atoms with Gasteiger partial charge in [0, 0.05) is 25.1 Å². The van der Waals surface area contributed by atoms with E-state index in [4.69, 9.17) is 5.11 Å². The van der Waals surface area contributed by atoms with Crippen LogP contribution in [-0.4, -0.2) is 28.4 Å². The molecule has 0 atom stereocenters. The van der Waals surface area contributed by atoms with E-state index in [0.29, 0.717) is 13.0 Å². The zero-order valence-electron chi connectivity index (χ0n) is 12.1. The molecule has 0 aliphatic carbocycles. The summed E-state index contributed by atoms with van der Waals surface area (Å²) in [6.07, 6.45) is 12.2. The Labute approximate surface area is 121 Å². The highest BCUT2D eigenvalue weighted by Crippen LogP contribution is 2.12. The number of rotatable bonds is 11. The second-order valence-electron chi connectivity index (χ2n) is 5.31. The van der Waals surface area contributed by atoms with E-state index in [9.17, 15) is 9.59 Å². The molecule has 0 saturated carbocycles. The monoisotopic (exact) mass is 279 g/mol. The van der Waals surface area contributed by atoms with E-state index in [2.05, 4.69) is 6.58 Å². The SMILES string of the molecule is C=C(O)CCCCCCCCCCN1C(=O)C=CC1=O. The smallest absolute Gasteiger partial charge is 0.253 e. The van der Waals surface area contributed by atoms with E-state index < -0.39 is 0 Å². The Morgan fingerprint density at radius 3 is 1.85 bits per heavy atom. The first-order valence-corrected chi connectivity index (χ1v) is 7.51. The number of amides is 2. The standard InChI is InChI=1S/C16H25NO3/c1-14(18)10-8-6-4-2-3-5-7-9-13-17-15(19)11-12-16(17)20/h11-12,18H,1-10,13H2. The van der Waals surface area contributed by atoms with Crippen molar-refractivity contribution in [2.75, 3.05) is 6.54 Å². The van der Waals surface area contributed by atoms with Gasteiger partial charge in [-0.05, 0) is 12.8 Å². The van der Waals surface area contributed by atoms with Crippen LogP contribution in [0.3, 0.4) is 0 Å². The van der Waals surface area contributed by atoms with E-state index in [1.54, 1.807) is 0 Å². The van der Waals surface area contributed by atoms with Gasteiger partial charge in [-0.25, -0.2) is 0 Å². The number of hydrogen-bond donors (Lipinski definition) is 1. The average Bonchev–Trinajstić information content (AvgIpc) is 2.71. The molecule has 112 valence electrons. The molecule has 4 nitrogen and oxygen atoms in total. The van der Waals surface area contributed by atoms with Gasteiger partial charge < -0.3 is 5.11 Å². The van der Waals surface area contributed by atoms with Gasteiger partial charge in [0.2, 0.25) is 0 Å². The molecule has 0 fully saturated rings. The van der Waals surface area contributed by atoms with Gasteiger partial charge in [-0.3, -0.25) is 14.5 Å². The molecule has 0 aromatic rings. The van der Waals surface area contributed by atoms with Crippen molar-refractivity contribution in [3.05, 3.63) is 24.5 Å². The zero-order valence-corrected chi connectivity index (χ0v) is 12.1. The van der Waals surface area contributed by atoms with Crippen LogP contribution in [0.2, 0.25) is 0 Å². The van der Waals surface area contributed by atoms with Crippen molar-refractivity contribution < 1.29 is 14.7 Å². The molecule has 1 aliphatic rings. The molecule has 0 aromatic carbocycles. The first kappa shape index (κ1) is 16.5. The summed E-state index contributed by atoms with van der Waals surface area (Å²) in [6, 6.07) is 0. The highest BCUT2D eigenvalue weighted by molar-refractivity contribution is 6.12. The summed E-state index contributed by atoms with van der Waals surface area (Å²) >= 11 is 0. The summed E-state index contributed by atoms with van der Waals surface area (Å²) in [4.78, 5) is 23.9. The number of carbonyl (C=O) groups is 2. The molecule has 2 amide bonds. The third-order valence-electron chi connectivity index (χ3n) is 3.50. The minimum Gasteiger partial charge on any atom is -0.513 e. The number of nitrogens with zero attached hydrogens (tertiary/aromatic N) is 1. The van der Waals surface area contributed by atoms with Crippen molar-refractivity contribution in [2.24, 2.45) is 0 Å². The molecule has 1 rings (SSSR count). The van der Waals surface area contributed by atoms with Crippen LogP contribution in [0, 0.1) is 0 Å². The lowest BCUT2D eigenvalue weighted by atomic mass is 10.1. The zero-order chi connectivity index (χ0) is 14.8. The Balaban J connectivity index is 1.87. The van der Waals surface area contributed by atoms with Gasteiger partial charge in [0.1, 0.15) is 0 Å². The van der Waals surface area contributed by atoms with E-state index in [1.807, 2.05) is 0 Å². The third-order valence-corrected chi connectivity index (χ3v) is 3.50. The van der Waals surface area contributed by atoms with Crippen LogP contribution < -0.4 is 0 Å².